The van der Waals surface area contributed by atoms with Gasteiger partial charge in [-0.25, -0.2) is 4.98 Å². The SMILES string of the molecule is O=C(Nc1nc2c(s1)CC1(CCOCC1)CC2)c1cn[nH]c1-c1ccncc1. The van der Waals surface area contributed by atoms with E-state index in [1.54, 1.807) is 29.9 Å². The van der Waals surface area contributed by atoms with Gasteiger partial charge >= 0.3 is 0 Å². The van der Waals surface area contributed by atoms with Crippen molar-refractivity contribution in [1.82, 2.24) is 20.2 Å². The average molecular weight is 395 g/mol. The Morgan fingerprint density at radius 1 is 1.21 bits per heavy atom. The summed E-state index contributed by atoms with van der Waals surface area (Å²) in [5.41, 5.74) is 3.55. The van der Waals surface area contributed by atoms with Gasteiger partial charge in [-0.15, -0.1) is 11.3 Å². The van der Waals surface area contributed by atoms with E-state index in [0.717, 1.165) is 56.6 Å². The van der Waals surface area contributed by atoms with Crippen LogP contribution < -0.4 is 5.32 Å². The molecule has 1 aliphatic heterocycles. The van der Waals surface area contributed by atoms with E-state index in [1.807, 2.05) is 12.1 Å². The van der Waals surface area contributed by atoms with E-state index >= 15 is 0 Å². The first-order valence-electron chi connectivity index (χ1n) is 9.54. The number of carbonyl (C=O) groups is 1. The zero-order valence-electron chi connectivity index (χ0n) is 15.4. The maximum absolute atomic E-state index is 12.8. The lowest BCUT2D eigenvalue weighted by Crippen LogP contribution is -2.34. The van der Waals surface area contributed by atoms with Gasteiger partial charge in [-0.2, -0.15) is 5.10 Å². The van der Waals surface area contributed by atoms with Crippen LogP contribution in [0.4, 0.5) is 5.13 Å². The number of anilines is 1. The number of H-pyrrole nitrogens is 1. The molecule has 144 valence electrons. The van der Waals surface area contributed by atoms with Crippen molar-refractivity contribution in [2.75, 3.05) is 18.5 Å². The van der Waals surface area contributed by atoms with Crippen LogP contribution in [0.2, 0.25) is 0 Å². The Hall–Kier alpha value is -2.58. The number of carbonyl (C=O) groups excluding carboxylic acids is 1. The molecule has 4 heterocycles. The smallest absolute Gasteiger partial charge is 0.261 e. The Morgan fingerprint density at radius 2 is 2.04 bits per heavy atom. The van der Waals surface area contributed by atoms with Gasteiger partial charge in [0.15, 0.2) is 5.13 Å². The Kier molecular flexibility index (Phi) is 4.44. The van der Waals surface area contributed by atoms with Gasteiger partial charge in [-0.1, -0.05) is 0 Å². The van der Waals surface area contributed by atoms with Gasteiger partial charge in [0.1, 0.15) is 0 Å². The molecule has 1 spiro atoms. The van der Waals surface area contributed by atoms with Gasteiger partial charge in [0, 0.05) is 36.0 Å². The first kappa shape index (κ1) is 17.5. The molecule has 0 unspecified atom stereocenters. The summed E-state index contributed by atoms with van der Waals surface area (Å²) in [4.78, 5) is 22.9. The highest BCUT2D eigenvalue weighted by Gasteiger charge is 2.37. The largest absolute Gasteiger partial charge is 0.381 e. The van der Waals surface area contributed by atoms with E-state index in [-0.39, 0.29) is 5.91 Å². The van der Waals surface area contributed by atoms with E-state index in [9.17, 15) is 4.79 Å². The van der Waals surface area contributed by atoms with Crippen molar-refractivity contribution in [3.05, 3.63) is 46.9 Å². The molecule has 8 heteroatoms. The summed E-state index contributed by atoms with van der Waals surface area (Å²) < 4.78 is 5.55. The summed E-state index contributed by atoms with van der Waals surface area (Å²) >= 11 is 1.61. The molecule has 0 atom stereocenters. The third kappa shape index (κ3) is 3.22. The van der Waals surface area contributed by atoms with E-state index in [0.29, 0.717) is 21.8 Å². The lowest BCUT2D eigenvalue weighted by atomic mass is 9.70. The van der Waals surface area contributed by atoms with Gasteiger partial charge in [0.05, 0.1) is 23.1 Å². The quantitative estimate of drug-likeness (QED) is 0.708. The standard InChI is InChI=1S/C20H21N5O2S/c26-18(14-12-22-25-17(14)13-2-7-21-8-3-13)24-19-23-15-1-4-20(11-16(15)28-19)5-9-27-10-6-20/h2-3,7-8,12H,1,4-6,9-11H2,(H,22,25)(H,23,24,26). The number of thiazole rings is 1. The van der Waals surface area contributed by atoms with Gasteiger partial charge in [-0.05, 0) is 49.7 Å². The minimum atomic E-state index is -0.201. The van der Waals surface area contributed by atoms with Crippen molar-refractivity contribution in [3.8, 4) is 11.3 Å². The van der Waals surface area contributed by atoms with Crippen LogP contribution in [0.15, 0.2) is 30.7 Å². The van der Waals surface area contributed by atoms with Crippen molar-refractivity contribution < 1.29 is 9.53 Å². The predicted octanol–water partition coefficient (Wildman–Crippen LogP) is 3.47. The molecule has 1 fully saturated rings. The summed E-state index contributed by atoms with van der Waals surface area (Å²) in [6, 6.07) is 3.69. The maximum atomic E-state index is 12.8. The van der Waals surface area contributed by atoms with Crippen LogP contribution in [-0.2, 0) is 17.6 Å². The van der Waals surface area contributed by atoms with Crippen molar-refractivity contribution in [1.29, 1.82) is 0 Å². The normalized spacial score (nSPS) is 18.0. The van der Waals surface area contributed by atoms with Gasteiger partial charge in [0.25, 0.3) is 5.91 Å². The molecule has 1 amide bonds. The summed E-state index contributed by atoms with van der Waals surface area (Å²) in [5.74, 6) is -0.201. The highest BCUT2D eigenvalue weighted by molar-refractivity contribution is 7.15. The molecule has 2 N–H and O–H groups in total. The van der Waals surface area contributed by atoms with Gasteiger partial charge in [0.2, 0.25) is 0 Å². The number of hydrogen-bond acceptors (Lipinski definition) is 6. The summed E-state index contributed by atoms with van der Waals surface area (Å²) in [6.07, 6.45) is 10.4. The first-order chi connectivity index (χ1) is 13.7. The summed E-state index contributed by atoms with van der Waals surface area (Å²) in [6.45, 7) is 1.71. The molecule has 0 aromatic carbocycles. The second-order valence-corrected chi connectivity index (χ2v) is 8.61. The Balaban J connectivity index is 1.35. The molecule has 5 rings (SSSR count). The molecule has 0 radical (unpaired) electrons. The fourth-order valence-corrected chi connectivity index (χ4v) is 5.35. The van der Waals surface area contributed by atoms with Crippen LogP contribution in [0, 0.1) is 5.41 Å². The van der Waals surface area contributed by atoms with Crippen LogP contribution in [0.5, 0.6) is 0 Å². The summed E-state index contributed by atoms with van der Waals surface area (Å²) in [7, 11) is 0. The van der Waals surface area contributed by atoms with Crippen LogP contribution in [0.3, 0.4) is 0 Å². The molecule has 1 saturated heterocycles. The lowest BCUT2D eigenvalue weighted by molar-refractivity contribution is 0.00784. The minimum absolute atomic E-state index is 0.201. The highest BCUT2D eigenvalue weighted by atomic mass is 32.1. The average Bonchev–Trinajstić information content (AvgIpc) is 3.35. The van der Waals surface area contributed by atoms with Crippen LogP contribution in [-0.4, -0.2) is 39.3 Å². The predicted molar refractivity (Wildman–Crippen MR) is 106 cm³/mol. The molecule has 3 aromatic heterocycles. The zero-order chi connectivity index (χ0) is 19.0. The number of pyridine rings is 1. The lowest BCUT2D eigenvalue weighted by Gasteiger charge is -2.39. The summed E-state index contributed by atoms with van der Waals surface area (Å²) in [5, 5.41) is 10.6. The molecule has 2 aliphatic rings. The second-order valence-electron chi connectivity index (χ2n) is 7.53. The number of nitrogens with zero attached hydrogens (tertiary/aromatic N) is 3. The Labute approximate surface area is 166 Å². The molecule has 7 nitrogen and oxygen atoms in total. The number of aryl methyl sites for hydroxylation is 1. The minimum Gasteiger partial charge on any atom is -0.381 e. The number of aromatic amines is 1. The molecular formula is C20H21N5O2S. The zero-order valence-corrected chi connectivity index (χ0v) is 16.2. The first-order valence-corrected chi connectivity index (χ1v) is 10.4. The Morgan fingerprint density at radius 3 is 2.86 bits per heavy atom. The molecular weight excluding hydrogens is 374 g/mol. The van der Waals surface area contributed by atoms with E-state index < -0.39 is 0 Å². The number of fused-ring (bicyclic) bond motifs is 1. The Bertz CT molecular complexity index is 991. The fraction of sp³-hybridized carbons (Fsp3) is 0.400. The molecule has 3 aromatic rings. The van der Waals surface area contributed by atoms with E-state index in [1.165, 1.54) is 4.88 Å². The number of rotatable bonds is 3. The van der Waals surface area contributed by atoms with Gasteiger partial charge in [-0.3, -0.25) is 20.2 Å². The number of amides is 1. The van der Waals surface area contributed by atoms with Crippen LogP contribution >= 0.6 is 11.3 Å². The maximum Gasteiger partial charge on any atom is 0.261 e. The van der Waals surface area contributed by atoms with Crippen molar-refractivity contribution >= 4 is 22.4 Å². The molecule has 0 bridgehead atoms. The van der Waals surface area contributed by atoms with Crippen molar-refractivity contribution in [3.63, 3.8) is 0 Å². The third-order valence-corrected chi connectivity index (χ3v) is 6.85. The van der Waals surface area contributed by atoms with Crippen LogP contribution in [0.25, 0.3) is 11.3 Å². The third-order valence-electron chi connectivity index (χ3n) is 5.83. The topological polar surface area (TPSA) is 92.8 Å². The molecule has 0 saturated carbocycles. The number of ether oxygens (including phenoxy) is 1. The molecule has 28 heavy (non-hydrogen) atoms. The highest BCUT2D eigenvalue weighted by Crippen LogP contribution is 2.45. The van der Waals surface area contributed by atoms with Crippen molar-refractivity contribution in [2.24, 2.45) is 5.41 Å². The van der Waals surface area contributed by atoms with Crippen molar-refractivity contribution in [2.45, 2.75) is 32.1 Å². The van der Waals surface area contributed by atoms with Gasteiger partial charge < -0.3 is 4.74 Å². The number of hydrogen-bond donors (Lipinski definition) is 2. The van der Waals surface area contributed by atoms with Crippen LogP contribution in [0.1, 0.15) is 40.2 Å². The van der Waals surface area contributed by atoms with E-state index in [4.69, 9.17) is 9.72 Å². The number of nitrogens with one attached hydrogen (secondary N) is 2. The van der Waals surface area contributed by atoms with E-state index in [2.05, 4.69) is 20.5 Å². The second kappa shape index (κ2) is 7.10. The monoisotopic (exact) mass is 395 g/mol. The molecule has 1 aliphatic carbocycles. The fourth-order valence-electron chi connectivity index (χ4n) is 4.18. The number of aromatic nitrogens is 4.